The summed E-state index contributed by atoms with van der Waals surface area (Å²) in [5.74, 6) is -0.345. The van der Waals surface area contributed by atoms with Crippen LogP contribution >= 0.6 is 0 Å². The second-order valence-corrected chi connectivity index (χ2v) is 5.03. The molecule has 0 spiro atoms. The van der Waals surface area contributed by atoms with Gasteiger partial charge >= 0.3 is 0 Å². The molecular formula is C15H14O6. The van der Waals surface area contributed by atoms with Crippen LogP contribution in [0.15, 0.2) is 30.3 Å². The zero-order valence-corrected chi connectivity index (χ0v) is 10.9. The predicted octanol–water partition coefficient (Wildman–Crippen LogP) is 1.55. The largest absolute Gasteiger partial charge is 0.508 e. The van der Waals surface area contributed by atoms with Gasteiger partial charge in [-0.2, -0.15) is 0 Å². The molecule has 1 aliphatic rings. The summed E-state index contributed by atoms with van der Waals surface area (Å²) < 4.78 is 5.61. The lowest BCUT2D eigenvalue weighted by atomic mass is 9.94. The van der Waals surface area contributed by atoms with Gasteiger partial charge in [0, 0.05) is 35.7 Å². The van der Waals surface area contributed by atoms with E-state index in [2.05, 4.69) is 0 Å². The summed E-state index contributed by atoms with van der Waals surface area (Å²) in [7, 11) is 0. The second-order valence-electron chi connectivity index (χ2n) is 5.03. The van der Waals surface area contributed by atoms with Crippen molar-refractivity contribution in [3.63, 3.8) is 0 Å². The molecule has 3 rings (SSSR count). The normalized spacial score (nSPS) is 20.6. The fourth-order valence-electron chi connectivity index (χ4n) is 2.53. The molecule has 6 heteroatoms. The second kappa shape index (κ2) is 4.75. The van der Waals surface area contributed by atoms with Gasteiger partial charge in [-0.05, 0) is 12.1 Å². The van der Waals surface area contributed by atoms with Crippen LogP contribution in [-0.4, -0.2) is 31.6 Å². The quantitative estimate of drug-likeness (QED) is 0.545. The van der Waals surface area contributed by atoms with Crippen molar-refractivity contribution in [1.29, 1.82) is 0 Å². The molecule has 1 aliphatic heterocycles. The van der Waals surface area contributed by atoms with Crippen molar-refractivity contribution in [3.05, 3.63) is 41.5 Å². The van der Waals surface area contributed by atoms with E-state index >= 15 is 0 Å². The standard InChI is InChI=1S/C15H14O6/c16-8-1-7(2-9(17)3-8)15-13(20)6-11-12(19)4-10(18)5-14(11)21-15/h1-5,13,15-20H,6H2/t13-,15-/m1/s1. The first-order chi connectivity index (χ1) is 9.94. The molecular weight excluding hydrogens is 276 g/mol. The third kappa shape index (κ3) is 2.41. The maximum Gasteiger partial charge on any atom is 0.150 e. The fourth-order valence-corrected chi connectivity index (χ4v) is 2.53. The monoisotopic (exact) mass is 290 g/mol. The zero-order chi connectivity index (χ0) is 15.1. The molecule has 0 fully saturated rings. The molecule has 0 saturated carbocycles. The average molecular weight is 290 g/mol. The van der Waals surface area contributed by atoms with Crippen LogP contribution in [0, 0.1) is 0 Å². The van der Waals surface area contributed by atoms with Gasteiger partial charge in [-0.3, -0.25) is 0 Å². The molecule has 6 nitrogen and oxygen atoms in total. The molecule has 2 atom stereocenters. The van der Waals surface area contributed by atoms with E-state index in [1.54, 1.807) is 0 Å². The van der Waals surface area contributed by atoms with Gasteiger partial charge in [0.2, 0.25) is 0 Å². The van der Waals surface area contributed by atoms with Crippen LogP contribution in [0.3, 0.4) is 0 Å². The Labute approximate surface area is 120 Å². The summed E-state index contributed by atoms with van der Waals surface area (Å²) >= 11 is 0. The lowest BCUT2D eigenvalue weighted by molar-refractivity contribution is 0.0196. The molecule has 110 valence electrons. The molecule has 1 heterocycles. The van der Waals surface area contributed by atoms with Crippen LogP contribution in [0.2, 0.25) is 0 Å². The van der Waals surface area contributed by atoms with Crippen molar-refractivity contribution in [2.24, 2.45) is 0 Å². The molecule has 0 amide bonds. The summed E-state index contributed by atoms with van der Waals surface area (Å²) in [4.78, 5) is 0. The first-order valence-corrected chi connectivity index (χ1v) is 6.36. The SMILES string of the molecule is Oc1cc(O)cc([C@H]2Oc3cc(O)cc(O)c3C[C@H]2O)c1. The number of benzene rings is 2. The van der Waals surface area contributed by atoms with Gasteiger partial charge in [-0.15, -0.1) is 0 Å². The van der Waals surface area contributed by atoms with E-state index in [1.807, 2.05) is 0 Å². The van der Waals surface area contributed by atoms with Gasteiger partial charge < -0.3 is 30.3 Å². The summed E-state index contributed by atoms with van der Waals surface area (Å²) in [6.45, 7) is 0. The first kappa shape index (κ1) is 13.4. The average Bonchev–Trinajstić information content (AvgIpc) is 2.38. The lowest BCUT2D eigenvalue weighted by Gasteiger charge is -2.31. The lowest BCUT2D eigenvalue weighted by Crippen LogP contribution is -2.30. The third-order valence-corrected chi connectivity index (χ3v) is 3.44. The number of aliphatic hydroxyl groups excluding tert-OH is 1. The van der Waals surface area contributed by atoms with Gasteiger partial charge in [0.05, 0.1) is 6.10 Å². The van der Waals surface area contributed by atoms with Crippen molar-refractivity contribution in [3.8, 4) is 28.7 Å². The molecule has 21 heavy (non-hydrogen) atoms. The van der Waals surface area contributed by atoms with E-state index in [1.165, 1.54) is 30.3 Å². The van der Waals surface area contributed by atoms with Gasteiger partial charge in [-0.25, -0.2) is 0 Å². The molecule has 0 saturated heterocycles. The van der Waals surface area contributed by atoms with E-state index in [4.69, 9.17) is 4.74 Å². The maximum atomic E-state index is 10.2. The molecule has 2 aromatic rings. The molecule has 2 aromatic carbocycles. The minimum Gasteiger partial charge on any atom is -0.508 e. The van der Waals surface area contributed by atoms with E-state index in [0.29, 0.717) is 11.1 Å². The van der Waals surface area contributed by atoms with Crippen LogP contribution < -0.4 is 4.74 Å². The van der Waals surface area contributed by atoms with Crippen LogP contribution in [0.4, 0.5) is 0 Å². The van der Waals surface area contributed by atoms with E-state index in [0.717, 1.165) is 0 Å². The van der Waals surface area contributed by atoms with Gasteiger partial charge in [0.15, 0.2) is 6.10 Å². The Balaban J connectivity index is 2.02. The molecule has 0 radical (unpaired) electrons. The van der Waals surface area contributed by atoms with Crippen LogP contribution in [0.25, 0.3) is 0 Å². The molecule has 5 N–H and O–H groups in total. The molecule has 0 unspecified atom stereocenters. The van der Waals surface area contributed by atoms with Crippen molar-refractivity contribution in [2.75, 3.05) is 0 Å². The number of hydrogen-bond acceptors (Lipinski definition) is 6. The van der Waals surface area contributed by atoms with Gasteiger partial charge in [0.25, 0.3) is 0 Å². The molecule has 0 aromatic heterocycles. The Morgan fingerprint density at radius 2 is 1.48 bits per heavy atom. The van der Waals surface area contributed by atoms with E-state index in [9.17, 15) is 25.5 Å². The highest BCUT2D eigenvalue weighted by molar-refractivity contribution is 5.51. The highest BCUT2D eigenvalue weighted by Crippen LogP contribution is 2.42. The van der Waals surface area contributed by atoms with Gasteiger partial charge in [0.1, 0.15) is 28.7 Å². The predicted molar refractivity (Wildman–Crippen MR) is 72.6 cm³/mol. The van der Waals surface area contributed by atoms with Crippen molar-refractivity contribution in [2.45, 2.75) is 18.6 Å². The molecule has 0 bridgehead atoms. The van der Waals surface area contributed by atoms with E-state index < -0.39 is 12.2 Å². The Morgan fingerprint density at radius 3 is 2.14 bits per heavy atom. The van der Waals surface area contributed by atoms with Crippen molar-refractivity contribution in [1.82, 2.24) is 0 Å². The smallest absolute Gasteiger partial charge is 0.150 e. The Kier molecular flexibility index (Phi) is 3.03. The first-order valence-electron chi connectivity index (χ1n) is 6.36. The summed E-state index contributed by atoms with van der Waals surface area (Å²) in [5.41, 5.74) is 0.800. The summed E-state index contributed by atoms with van der Waals surface area (Å²) in [6.07, 6.45) is -1.66. The topological polar surface area (TPSA) is 110 Å². The number of hydrogen-bond donors (Lipinski definition) is 5. The third-order valence-electron chi connectivity index (χ3n) is 3.44. The highest BCUT2D eigenvalue weighted by Gasteiger charge is 2.32. The highest BCUT2D eigenvalue weighted by atomic mass is 16.5. The minimum atomic E-state index is -0.964. The Hall–Kier alpha value is -2.60. The number of aromatic hydroxyl groups is 4. The van der Waals surface area contributed by atoms with Crippen LogP contribution in [0.1, 0.15) is 17.2 Å². The van der Waals surface area contributed by atoms with Gasteiger partial charge in [-0.1, -0.05) is 0 Å². The number of rotatable bonds is 1. The number of fused-ring (bicyclic) bond motifs is 1. The van der Waals surface area contributed by atoms with Crippen molar-refractivity contribution >= 4 is 0 Å². The Morgan fingerprint density at radius 1 is 0.857 bits per heavy atom. The number of ether oxygens (including phenoxy) is 1. The minimum absolute atomic E-state index is 0.128. The van der Waals surface area contributed by atoms with Crippen LogP contribution in [-0.2, 0) is 6.42 Å². The summed E-state index contributed by atoms with van der Waals surface area (Å²) in [5, 5.41) is 48.5. The van der Waals surface area contributed by atoms with Crippen molar-refractivity contribution < 1.29 is 30.3 Å². The summed E-state index contributed by atoms with van der Waals surface area (Å²) in [6, 6.07) is 6.44. The number of phenolic OH excluding ortho intramolecular Hbond substituents is 4. The fraction of sp³-hybridized carbons (Fsp3) is 0.200. The maximum absolute atomic E-state index is 10.2. The Bertz CT molecular complexity index is 677. The van der Waals surface area contributed by atoms with Crippen LogP contribution in [0.5, 0.6) is 28.7 Å². The number of aliphatic hydroxyl groups is 1. The van der Waals surface area contributed by atoms with E-state index in [-0.39, 0.29) is 35.2 Å². The zero-order valence-electron chi connectivity index (χ0n) is 10.9. The molecule has 0 aliphatic carbocycles. The number of phenols is 4.